The number of aromatic nitrogens is 3. The van der Waals surface area contributed by atoms with Crippen molar-refractivity contribution in [3.63, 3.8) is 0 Å². The first-order valence-electron chi connectivity index (χ1n) is 2.00. The Balaban J connectivity index is 3.16. The van der Waals surface area contributed by atoms with Crippen LogP contribution < -0.4 is 5.69 Å². The smallest absolute Gasteiger partial charge is 0.245 e. The Morgan fingerprint density at radius 3 is 2.14 bits per heavy atom. The fourth-order valence-electron chi connectivity index (χ4n) is 0.377. The van der Waals surface area contributed by atoms with E-state index in [1.165, 1.54) is 4.68 Å². The van der Waals surface area contributed by atoms with E-state index < -0.39 is 0 Å². The maximum atomic E-state index is 10.2. The van der Waals surface area contributed by atoms with E-state index in [1.807, 2.05) is 0 Å². The predicted molar refractivity (Wildman–Crippen MR) is 25.0 cm³/mol. The summed E-state index contributed by atoms with van der Waals surface area (Å²) in [6, 6.07) is 0. The van der Waals surface area contributed by atoms with Crippen molar-refractivity contribution < 1.29 is 0 Å². The van der Waals surface area contributed by atoms with Gasteiger partial charge in [0.1, 0.15) is 0 Å². The summed E-state index contributed by atoms with van der Waals surface area (Å²) in [5.41, 5.74) is -0.0532. The van der Waals surface area contributed by atoms with Crippen LogP contribution in [0.3, 0.4) is 0 Å². The van der Waals surface area contributed by atoms with E-state index in [0.717, 1.165) is 0 Å². The minimum absolute atomic E-state index is 0.0532. The van der Waals surface area contributed by atoms with Crippen molar-refractivity contribution in [1.82, 2.24) is 14.6 Å². The molecule has 0 aliphatic rings. The Morgan fingerprint density at radius 2 is 2.14 bits per heavy atom. The molecule has 4 nitrogen and oxygen atoms in total. The average Bonchev–Trinajstić information content (AvgIpc) is 1.68. The van der Waals surface area contributed by atoms with E-state index in [9.17, 15) is 4.79 Å². The van der Waals surface area contributed by atoms with Crippen molar-refractivity contribution in [3.05, 3.63) is 10.5 Å². The Bertz CT molecular complexity index is 203. The summed E-state index contributed by atoms with van der Waals surface area (Å²) >= 11 is 0. The monoisotopic (exact) mass is 101 g/mol. The highest BCUT2D eigenvalue weighted by Gasteiger charge is 1.92. The first-order chi connectivity index (χ1) is 3.22. The predicted octanol–water partition coefficient (Wildman–Crippen LogP) is -0.948. The van der Waals surface area contributed by atoms with E-state index in [0.29, 0.717) is 0 Å². The van der Waals surface area contributed by atoms with E-state index in [4.69, 9.17) is 0 Å². The van der Waals surface area contributed by atoms with Gasteiger partial charge in [0.2, 0.25) is 0 Å². The standard InChI is InChI=1S/C3H7N3O/c1-5-3(7)4-6(5)2/h1-2H3,(H,4,7). The number of hydrogen-bond donors (Lipinski definition) is 1. The molecule has 0 fully saturated rings. The molecule has 0 spiro atoms. The third kappa shape index (κ3) is 0.390. The first-order valence-corrected chi connectivity index (χ1v) is 2.00. The van der Waals surface area contributed by atoms with Crippen LogP contribution in [-0.2, 0) is 14.1 Å². The molecule has 1 N–H and O–H groups in total. The lowest BCUT2D eigenvalue weighted by Gasteiger charge is -2.08. The highest BCUT2D eigenvalue weighted by atomic mass is 16.2. The summed E-state index contributed by atoms with van der Waals surface area (Å²) in [4.78, 5) is 11.8. The zero-order valence-corrected chi connectivity index (χ0v) is 4.30. The molecule has 1 aromatic heterocycles. The third-order valence-corrected chi connectivity index (χ3v) is 1.00. The maximum Gasteiger partial charge on any atom is 0.357 e. The topological polar surface area (TPSA) is 42.7 Å². The largest absolute Gasteiger partial charge is 0.357 e. The Kier molecular flexibility index (Phi) is 0.618. The molecule has 0 unspecified atom stereocenters. The van der Waals surface area contributed by atoms with Gasteiger partial charge in [0, 0.05) is 14.1 Å². The highest BCUT2D eigenvalue weighted by Crippen LogP contribution is 1.62. The molecule has 0 aromatic carbocycles. The molecule has 0 saturated carbocycles. The van der Waals surface area contributed by atoms with Gasteiger partial charge in [0.25, 0.3) is 0 Å². The van der Waals surface area contributed by atoms with Crippen LogP contribution in [-0.4, -0.2) is 14.6 Å². The molecule has 0 radical (unpaired) electrons. The molecule has 40 valence electrons. The summed E-state index contributed by atoms with van der Waals surface area (Å²) in [7, 11) is 3.46. The van der Waals surface area contributed by atoms with E-state index in [2.05, 4.69) is 5.10 Å². The van der Waals surface area contributed by atoms with Gasteiger partial charge in [0.05, 0.1) is 0 Å². The van der Waals surface area contributed by atoms with Crippen molar-refractivity contribution >= 4 is 0 Å². The zero-order valence-electron chi connectivity index (χ0n) is 4.30. The number of nitrogens with one attached hydrogen (secondary N) is 1. The van der Waals surface area contributed by atoms with Crippen LogP contribution in [0.25, 0.3) is 0 Å². The van der Waals surface area contributed by atoms with Crippen LogP contribution in [0.5, 0.6) is 0 Å². The lowest BCUT2D eigenvalue weighted by Crippen LogP contribution is -2.38. The summed E-state index contributed by atoms with van der Waals surface area (Å²) in [5.74, 6) is 0. The number of rotatable bonds is 0. The Labute approximate surface area is 40.3 Å². The zero-order chi connectivity index (χ0) is 5.44. The van der Waals surface area contributed by atoms with Gasteiger partial charge in [-0.1, -0.05) is 0 Å². The molecule has 1 rings (SSSR count). The molecular formula is C3H7N3O. The van der Waals surface area contributed by atoms with Gasteiger partial charge in [-0.05, 0) is 0 Å². The highest BCUT2D eigenvalue weighted by molar-refractivity contribution is 4.51. The van der Waals surface area contributed by atoms with Crippen molar-refractivity contribution in [2.75, 3.05) is 0 Å². The van der Waals surface area contributed by atoms with Gasteiger partial charge in [0.15, 0.2) is 0 Å². The van der Waals surface area contributed by atoms with Crippen molar-refractivity contribution in [2.24, 2.45) is 14.1 Å². The number of nitrogens with zero attached hydrogens (tertiary/aromatic N) is 2. The fraction of sp³-hybridized carbons (Fsp3) is 0.667. The summed E-state index contributed by atoms with van der Waals surface area (Å²) < 4.78 is 1.47. The second-order valence-electron chi connectivity index (χ2n) is 1.46. The van der Waals surface area contributed by atoms with Crippen LogP contribution in [0.15, 0.2) is 4.79 Å². The van der Waals surface area contributed by atoms with Gasteiger partial charge in [-0.15, -0.1) is 0 Å². The molecule has 7 heavy (non-hydrogen) atoms. The summed E-state index contributed by atoms with van der Waals surface area (Å²) in [6.07, 6.45) is 0. The second kappa shape index (κ2) is 1.02. The Hall–Kier alpha value is -0.930. The normalized spacial score (nSPS) is 10.0. The average molecular weight is 101 g/mol. The van der Waals surface area contributed by atoms with Crippen molar-refractivity contribution in [2.45, 2.75) is 0 Å². The second-order valence-corrected chi connectivity index (χ2v) is 1.46. The lowest BCUT2D eigenvalue weighted by molar-refractivity contribution is 0.388. The third-order valence-electron chi connectivity index (χ3n) is 1.00. The van der Waals surface area contributed by atoms with Gasteiger partial charge >= 0.3 is 5.69 Å². The molecule has 0 atom stereocenters. The SMILES string of the molecule is Cn1[nH]c(=O)n1C. The first kappa shape index (κ1) is 4.23. The fourth-order valence-corrected chi connectivity index (χ4v) is 0.377. The number of aromatic amines is 1. The van der Waals surface area contributed by atoms with Crippen LogP contribution in [0.4, 0.5) is 0 Å². The van der Waals surface area contributed by atoms with E-state index >= 15 is 0 Å². The van der Waals surface area contributed by atoms with Gasteiger partial charge in [-0.3, -0.25) is 0 Å². The molecule has 0 amide bonds. The van der Waals surface area contributed by atoms with Crippen LogP contribution >= 0.6 is 0 Å². The van der Waals surface area contributed by atoms with Crippen molar-refractivity contribution in [1.29, 1.82) is 0 Å². The van der Waals surface area contributed by atoms with E-state index in [-0.39, 0.29) is 5.69 Å². The molecule has 1 aromatic rings. The van der Waals surface area contributed by atoms with Crippen LogP contribution in [0.2, 0.25) is 0 Å². The van der Waals surface area contributed by atoms with Gasteiger partial charge in [-0.25, -0.2) is 19.4 Å². The molecule has 4 heteroatoms. The minimum Gasteiger partial charge on any atom is -0.245 e. The summed E-state index contributed by atoms with van der Waals surface area (Å²) in [6.45, 7) is 0. The molecule has 0 saturated heterocycles. The number of H-pyrrole nitrogens is 1. The molecule has 0 bridgehead atoms. The maximum absolute atomic E-state index is 10.2. The van der Waals surface area contributed by atoms with Crippen LogP contribution in [0, 0.1) is 0 Å². The molecular weight excluding hydrogens is 94.1 g/mol. The Morgan fingerprint density at radius 1 is 1.57 bits per heavy atom. The summed E-state index contributed by atoms with van der Waals surface area (Å²) in [5, 5.41) is 2.48. The molecule has 0 aliphatic carbocycles. The van der Waals surface area contributed by atoms with Gasteiger partial charge < -0.3 is 0 Å². The van der Waals surface area contributed by atoms with Crippen LogP contribution in [0.1, 0.15) is 0 Å². The lowest BCUT2D eigenvalue weighted by atomic mass is 11.1. The molecule has 1 heterocycles. The van der Waals surface area contributed by atoms with E-state index in [1.54, 1.807) is 18.9 Å². The quantitative estimate of drug-likeness (QED) is 0.450. The molecule has 0 aliphatic heterocycles. The van der Waals surface area contributed by atoms with Crippen molar-refractivity contribution in [3.8, 4) is 0 Å². The number of hydrogen-bond acceptors (Lipinski definition) is 1. The number of aryl methyl sites for hydroxylation is 1. The van der Waals surface area contributed by atoms with Gasteiger partial charge in [-0.2, -0.15) is 0 Å². The minimum atomic E-state index is -0.0532.